The fourth-order valence-corrected chi connectivity index (χ4v) is 2.16. The highest BCUT2D eigenvalue weighted by Gasteiger charge is 2.37. The highest BCUT2D eigenvalue weighted by atomic mass is 79.9. The van der Waals surface area contributed by atoms with Gasteiger partial charge in [-0.1, -0.05) is 34.1 Å². The molecule has 1 N–H and O–H groups in total. The van der Waals surface area contributed by atoms with E-state index in [1.54, 1.807) is 7.11 Å². The Bertz CT molecular complexity index is 317. The fraction of sp³-hybridized carbons (Fsp3) is 0.455. The van der Waals surface area contributed by atoms with Crippen LogP contribution in [-0.4, -0.2) is 25.8 Å². The lowest BCUT2D eigenvalue weighted by Gasteiger charge is -2.41. The first-order valence-corrected chi connectivity index (χ1v) is 5.54. The summed E-state index contributed by atoms with van der Waals surface area (Å²) in [5.41, 5.74) is 1.33. The number of ether oxygens (including phenoxy) is 1. The number of hydrogen-bond acceptors (Lipinski definition) is 2. The van der Waals surface area contributed by atoms with E-state index in [1.165, 1.54) is 10.0 Å². The molecule has 1 saturated heterocycles. The molecule has 1 aromatic carbocycles. The monoisotopic (exact) mass is 255 g/mol. The SMILES string of the molecule is COC1(Cc2ccccc2Br)CNC1. The van der Waals surface area contributed by atoms with Gasteiger partial charge < -0.3 is 10.1 Å². The van der Waals surface area contributed by atoms with E-state index < -0.39 is 0 Å². The normalized spacial score (nSPS) is 19.0. The molecule has 1 aliphatic heterocycles. The number of rotatable bonds is 3. The molecule has 14 heavy (non-hydrogen) atoms. The molecule has 1 aromatic rings. The van der Waals surface area contributed by atoms with Crippen LogP contribution >= 0.6 is 15.9 Å². The van der Waals surface area contributed by atoms with Gasteiger partial charge in [0.15, 0.2) is 0 Å². The van der Waals surface area contributed by atoms with Crippen molar-refractivity contribution in [3.8, 4) is 0 Å². The van der Waals surface area contributed by atoms with Gasteiger partial charge in [-0.3, -0.25) is 0 Å². The third kappa shape index (κ3) is 1.85. The molecule has 0 spiro atoms. The summed E-state index contributed by atoms with van der Waals surface area (Å²) in [5, 5.41) is 3.25. The Kier molecular flexibility index (Phi) is 2.91. The van der Waals surface area contributed by atoms with E-state index in [9.17, 15) is 0 Å². The van der Waals surface area contributed by atoms with E-state index in [0.29, 0.717) is 0 Å². The van der Waals surface area contributed by atoms with Crippen LogP contribution in [-0.2, 0) is 11.2 Å². The van der Waals surface area contributed by atoms with Crippen LogP contribution < -0.4 is 5.32 Å². The van der Waals surface area contributed by atoms with Crippen LogP contribution in [0.1, 0.15) is 5.56 Å². The minimum absolute atomic E-state index is 0.0177. The minimum Gasteiger partial charge on any atom is -0.375 e. The van der Waals surface area contributed by atoms with Crippen molar-refractivity contribution < 1.29 is 4.74 Å². The predicted molar refractivity (Wildman–Crippen MR) is 60.5 cm³/mol. The van der Waals surface area contributed by atoms with E-state index in [0.717, 1.165) is 19.5 Å². The molecule has 0 bridgehead atoms. The van der Waals surface area contributed by atoms with Crippen LogP contribution in [0.5, 0.6) is 0 Å². The van der Waals surface area contributed by atoms with Crippen LogP contribution in [0, 0.1) is 0 Å². The summed E-state index contributed by atoms with van der Waals surface area (Å²) < 4.78 is 6.72. The summed E-state index contributed by atoms with van der Waals surface area (Å²) in [6.07, 6.45) is 0.970. The van der Waals surface area contributed by atoms with Crippen LogP contribution in [0.25, 0.3) is 0 Å². The Labute approximate surface area is 92.8 Å². The average molecular weight is 256 g/mol. The second-order valence-corrected chi connectivity index (χ2v) is 4.61. The van der Waals surface area contributed by atoms with Crippen molar-refractivity contribution in [3.63, 3.8) is 0 Å². The molecule has 0 atom stereocenters. The van der Waals surface area contributed by atoms with Gasteiger partial charge in [0, 0.05) is 31.1 Å². The van der Waals surface area contributed by atoms with Gasteiger partial charge in [-0.25, -0.2) is 0 Å². The van der Waals surface area contributed by atoms with E-state index in [-0.39, 0.29) is 5.60 Å². The molecule has 1 aliphatic rings. The molecular formula is C11H14BrNO. The molecule has 0 aromatic heterocycles. The standard InChI is InChI=1S/C11H14BrNO/c1-14-11(7-13-8-11)6-9-4-2-3-5-10(9)12/h2-5,13H,6-8H2,1H3. The number of hydrogen-bond donors (Lipinski definition) is 1. The minimum atomic E-state index is 0.0177. The number of benzene rings is 1. The molecule has 0 radical (unpaired) electrons. The zero-order valence-electron chi connectivity index (χ0n) is 8.22. The molecule has 3 heteroatoms. The van der Waals surface area contributed by atoms with Gasteiger partial charge in [0.1, 0.15) is 0 Å². The number of nitrogens with one attached hydrogen (secondary N) is 1. The van der Waals surface area contributed by atoms with Crippen molar-refractivity contribution in [2.24, 2.45) is 0 Å². The van der Waals surface area contributed by atoms with Gasteiger partial charge in [-0.15, -0.1) is 0 Å². The molecule has 0 amide bonds. The van der Waals surface area contributed by atoms with E-state index >= 15 is 0 Å². The van der Waals surface area contributed by atoms with Crippen LogP contribution in [0.2, 0.25) is 0 Å². The molecular weight excluding hydrogens is 242 g/mol. The molecule has 76 valence electrons. The molecule has 1 heterocycles. The van der Waals surface area contributed by atoms with Crippen molar-refractivity contribution >= 4 is 15.9 Å². The highest BCUT2D eigenvalue weighted by molar-refractivity contribution is 9.10. The predicted octanol–water partition coefficient (Wildman–Crippen LogP) is 1.98. The maximum atomic E-state index is 5.55. The first-order chi connectivity index (χ1) is 6.76. The van der Waals surface area contributed by atoms with Crippen molar-refractivity contribution in [2.75, 3.05) is 20.2 Å². The molecule has 1 fully saturated rings. The lowest BCUT2D eigenvalue weighted by atomic mass is 9.89. The van der Waals surface area contributed by atoms with Crippen molar-refractivity contribution in [1.82, 2.24) is 5.32 Å². The molecule has 0 unspecified atom stereocenters. The smallest absolute Gasteiger partial charge is 0.0966 e. The maximum absolute atomic E-state index is 5.55. The van der Waals surface area contributed by atoms with Gasteiger partial charge in [0.25, 0.3) is 0 Å². The fourth-order valence-electron chi connectivity index (χ4n) is 1.73. The summed E-state index contributed by atoms with van der Waals surface area (Å²) in [5.74, 6) is 0. The summed E-state index contributed by atoms with van der Waals surface area (Å²) in [6, 6.07) is 8.32. The largest absolute Gasteiger partial charge is 0.375 e. The first-order valence-electron chi connectivity index (χ1n) is 4.75. The Morgan fingerprint density at radius 1 is 1.43 bits per heavy atom. The summed E-state index contributed by atoms with van der Waals surface area (Å²) in [4.78, 5) is 0. The molecule has 0 saturated carbocycles. The van der Waals surface area contributed by atoms with Crippen molar-refractivity contribution in [3.05, 3.63) is 34.3 Å². The third-order valence-corrected chi connectivity index (χ3v) is 3.57. The van der Waals surface area contributed by atoms with Crippen LogP contribution in [0.15, 0.2) is 28.7 Å². The Hall–Kier alpha value is -0.380. The molecule has 0 aliphatic carbocycles. The zero-order chi connectivity index (χ0) is 10.0. The van der Waals surface area contributed by atoms with E-state index in [1.807, 2.05) is 6.07 Å². The van der Waals surface area contributed by atoms with Gasteiger partial charge >= 0.3 is 0 Å². The van der Waals surface area contributed by atoms with Gasteiger partial charge in [-0.05, 0) is 11.6 Å². The summed E-state index contributed by atoms with van der Waals surface area (Å²) in [6.45, 7) is 1.90. The van der Waals surface area contributed by atoms with E-state index in [4.69, 9.17) is 4.74 Å². The Morgan fingerprint density at radius 2 is 2.14 bits per heavy atom. The van der Waals surface area contributed by atoms with Crippen molar-refractivity contribution in [1.29, 1.82) is 0 Å². The molecule has 2 nitrogen and oxygen atoms in total. The zero-order valence-corrected chi connectivity index (χ0v) is 9.80. The summed E-state index contributed by atoms with van der Waals surface area (Å²) >= 11 is 3.56. The third-order valence-electron chi connectivity index (χ3n) is 2.80. The van der Waals surface area contributed by atoms with Gasteiger partial charge in [0.2, 0.25) is 0 Å². The second kappa shape index (κ2) is 4.01. The average Bonchev–Trinajstić information content (AvgIpc) is 2.14. The Morgan fingerprint density at radius 3 is 2.64 bits per heavy atom. The second-order valence-electron chi connectivity index (χ2n) is 3.76. The topological polar surface area (TPSA) is 21.3 Å². The Balaban J connectivity index is 2.13. The van der Waals surface area contributed by atoms with Gasteiger partial charge in [-0.2, -0.15) is 0 Å². The summed E-state index contributed by atoms with van der Waals surface area (Å²) in [7, 11) is 1.79. The lowest BCUT2D eigenvalue weighted by molar-refractivity contribution is -0.0503. The van der Waals surface area contributed by atoms with Crippen LogP contribution in [0.3, 0.4) is 0 Å². The maximum Gasteiger partial charge on any atom is 0.0966 e. The number of methoxy groups -OCH3 is 1. The van der Waals surface area contributed by atoms with Gasteiger partial charge in [0.05, 0.1) is 5.60 Å². The van der Waals surface area contributed by atoms with Crippen LogP contribution in [0.4, 0.5) is 0 Å². The highest BCUT2D eigenvalue weighted by Crippen LogP contribution is 2.26. The first kappa shape index (κ1) is 10.1. The quantitative estimate of drug-likeness (QED) is 0.892. The van der Waals surface area contributed by atoms with E-state index in [2.05, 4.69) is 39.4 Å². The number of halogens is 1. The lowest BCUT2D eigenvalue weighted by Crippen LogP contribution is -2.61. The van der Waals surface area contributed by atoms with Crippen molar-refractivity contribution in [2.45, 2.75) is 12.0 Å². The molecule has 2 rings (SSSR count).